The van der Waals surface area contributed by atoms with Crippen LogP contribution in [-0.4, -0.2) is 30.4 Å². The van der Waals surface area contributed by atoms with Gasteiger partial charge in [0.1, 0.15) is 0 Å². The Morgan fingerprint density at radius 2 is 2.36 bits per heavy atom. The fourth-order valence-corrected chi connectivity index (χ4v) is 1.93. The van der Waals surface area contributed by atoms with Gasteiger partial charge in [-0.2, -0.15) is 0 Å². The molecule has 0 aromatic heterocycles. The van der Waals surface area contributed by atoms with E-state index < -0.39 is 0 Å². The van der Waals surface area contributed by atoms with Crippen LogP contribution in [0.2, 0.25) is 0 Å². The van der Waals surface area contributed by atoms with E-state index in [9.17, 15) is 4.79 Å². The summed E-state index contributed by atoms with van der Waals surface area (Å²) in [5.74, 6) is 1.35. The van der Waals surface area contributed by atoms with Crippen molar-refractivity contribution in [3.8, 4) is 0 Å². The van der Waals surface area contributed by atoms with Gasteiger partial charge in [-0.15, -0.1) is 0 Å². The smallest absolute Gasteiger partial charge is 0.222 e. The lowest BCUT2D eigenvalue weighted by Crippen LogP contribution is -2.31. The van der Waals surface area contributed by atoms with E-state index in [0.29, 0.717) is 30.7 Å². The first-order valence-electron chi connectivity index (χ1n) is 5.65. The highest BCUT2D eigenvalue weighted by molar-refractivity contribution is 5.76. The van der Waals surface area contributed by atoms with Gasteiger partial charge in [-0.25, -0.2) is 0 Å². The minimum Gasteiger partial charge on any atom is -0.342 e. The molecule has 1 aliphatic heterocycles. The molecule has 0 radical (unpaired) electrons. The van der Waals surface area contributed by atoms with E-state index in [1.54, 1.807) is 0 Å². The molecule has 82 valence electrons. The van der Waals surface area contributed by atoms with Crippen LogP contribution in [0.3, 0.4) is 0 Å². The molecule has 3 nitrogen and oxygen atoms in total. The Balaban J connectivity index is 2.34. The predicted octanol–water partition coefficient (Wildman–Crippen LogP) is 1.23. The summed E-state index contributed by atoms with van der Waals surface area (Å²) in [6.45, 7) is 6.82. The molecule has 0 aromatic rings. The molecule has 1 aliphatic rings. The molecule has 0 aliphatic carbocycles. The quantitative estimate of drug-likeness (QED) is 0.738. The van der Waals surface area contributed by atoms with Crippen molar-refractivity contribution in [2.24, 2.45) is 17.6 Å². The van der Waals surface area contributed by atoms with E-state index in [2.05, 4.69) is 13.8 Å². The molecule has 0 spiro atoms. The van der Waals surface area contributed by atoms with Crippen molar-refractivity contribution in [1.29, 1.82) is 0 Å². The minimum absolute atomic E-state index is 0.298. The van der Waals surface area contributed by atoms with Gasteiger partial charge in [0.25, 0.3) is 0 Å². The van der Waals surface area contributed by atoms with Crippen molar-refractivity contribution in [3.63, 3.8) is 0 Å². The lowest BCUT2D eigenvalue weighted by atomic mass is 10.0. The zero-order valence-corrected chi connectivity index (χ0v) is 9.33. The summed E-state index contributed by atoms with van der Waals surface area (Å²) in [6, 6.07) is 0. The number of rotatable bonds is 4. The average molecular weight is 198 g/mol. The predicted molar refractivity (Wildman–Crippen MR) is 57.8 cm³/mol. The molecule has 0 bridgehead atoms. The first kappa shape index (κ1) is 11.5. The first-order chi connectivity index (χ1) is 6.67. The monoisotopic (exact) mass is 198 g/mol. The zero-order chi connectivity index (χ0) is 10.6. The lowest BCUT2D eigenvalue weighted by Gasteiger charge is -2.19. The molecule has 2 atom stereocenters. The topological polar surface area (TPSA) is 46.3 Å². The zero-order valence-electron chi connectivity index (χ0n) is 9.33. The Hall–Kier alpha value is -0.570. The molecule has 0 saturated carbocycles. The summed E-state index contributed by atoms with van der Waals surface area (Å²) in [5, 5.41) is 0. The maximum Gasteiger partial charge on any atom is 0.222 e. The van der Waals surface area contributed by atoms with E-state index in [-0.39, 0.29) is 0 Å². The van der Waals surface area contributed by atoms with Gasteiger partial charge in [-0.1, -0.05) is 20.3 Å². The summed E-state index contributed by atoms with van der Waals surface area (Å²) in [5.41, 5.74) is 5.59. The Labute approximate surface area is 86.6 Å². The van der Waals surface area contributed by atoms with Crippen LogP contribution in [0.15, 0.2) is 0 Å². The Morgan fingerprint density at radius 3 is 2.79 bits per heavy atom. The second-order valence-corrected chi connectivity index (χ2v) is 4.45. The molecule has 2 unspecified atom stereocenters. The standard InChI is InChI=1S/C11H22N2O/c1-3-10(7-12)6-11(14)13-5-4-9(2)8-13/h9-10H,3-8,12H2,1-2H3. The highest BCUT2D eigenvalue weighted by atomic mass is 16.2. The molecule has 1 saturated heterocycles. The number of hydrogen-bond acceptors (Lipinski definition) is 2. The van der Waals surface area contributed by atoms with Crippen molar-refractivity contribution in [3.05, 3.63) is 0 Å². The van der Waals surface area contributed by atoms with Crippen LogP contribution in [0, 0.1) is 11.8 Å². The van der Waals surface area contributed by atoms with Crippen LogP contribution < -0.4 is 5.73 Å². The molecule has 3 heteroatoms. The maximum absolute atomic E-state index is 11.8. The van der Waals surface area contributed by atoms with Gasteiger partial charge in [0, 0.05) is 19.5 Å². The van der Waals surface area contributed by atoms with Crippen LogP contribution in [-0.2, 0) is 4.79 Å². The van der Waals surface area contributed by atoms with Crippen molar-refractivity contribution in [2.75, 3.05) is 19.6 Å². The fourth-order valence-electron chi connectivity index (χ4n) is 1.93. The molecular weight excluding hydrogens is 176 g/mol. The second kappa shape index (κ2) is 5.35. The summed E-state index contributed by atoms with van der Waals surface area (Å²) >= 11 is 0. The summed E-state index contributed by atoms with van der Waals surface area (Å²) < 4.78 is 0. The van der Waals surface area contributed by atoms with Gasteiger partial charge < -0.3 is 10.6 Å². The summed E-state index contributed by atoms with van der Waals surface area (Å²) in [6.07, 6.45) is 2.80. The second-order valence-electron chi connectivity index (χ2n) is 4.45. The van der Waals surface area contributed by atoms with Crippen LogP contribution >= 0.6 is 0 Å². The van der Waals surface area contributed by atoms with Crippen LogP contribution in [0.25, 0.3) is 0 Å². The number of nitrogens with two attached hydrogens (primary N) is 1. The van der Waals surface area contributed by atoms with E-state index in [1.165, 1.54) is 0 Å². The summed E-state index contributed by atoms with van der Waals surface area (Å²) in [4.78, 5) is 13.8. The van der Waals surface area contributed by atoms with Crippen molar-refractivity contribution < 1.29 is 4.79 Å². The third-order valence-electron chi connectivity index (χ3n) is 3.15. The van der Waals surface area contributed by atoms with Gasteiger partial charge in [0.15, 0.2) is 0 Å². The molecule has 1 rings (SSSR count). The SMILES string of the molecule is CCC(CN)CC(=O)N1CCC(C)C1. The van der Waals surface area contributed by atoms with E-state index in [1.807, 2.05) is 4.90 Å². The number of carbonyl (C=O) groups excluding carboxylic acids is 1. The fraction of sp³-hybridized carbons (Fsp3) is 0.909. The van der Waals surface area contributed by atoms with E-state index in [0.717, 1.165) is 25.9 Å². The number of nitrogens with zero attached hydrogens (tertiary/aromatic N) is 1. The molecule has 1 fully saturated rings. The Bertz CT molecular complexity index is 190. The Morgan fingerprint density at radius 1 is 1.64 bits per heavy atom. The Kier molecular flexibility index (Phi) is 4.39. The van der Waals surface area contributed by atoms with Crippen molar-refractivity contribution >= 4 is 5.91 Å². The molecular formula is C11H22N2O. The largest absolute Gasteiger partial charge is 0.342 e. The van der Waals surface area contributed by atoms with Crippen molar-refractivity contribution in [1.82, 2.24) is 4.90 Å². The van der Waals surface area contributed by atoms with Crippen LogP contribution in [0.4, 0.5) is 0 Å². The van der Waals surface area contributed by atoms with Gasteiger partial charge in [0.05, 0.1) is 0 Å². The average Bonchev–Trinajstić information content (AvgIpc) is 2.61. The first-order valence-corrected chi connectivity index (χ1v) is 5.65. The summed E-state index contributed by atoms with van der Waals surface area (Å²) in [7, 11) is 0. The van der Waals surface area contributed by atoms with Crippen LogP contribution in [0.1, 0.15) is 33.1 Å². The third-order valence-corrected chi connectivity index (χ3v) is 3.15. The number of likely N-dealkylation sites (tertiary alicyclic amines) is 1. The molecule has 1 amide bonds. The van der Waals surface area contributed by atoms with Gasteiger partial charge in [0.2, 0.25) is 5.91 Å². The van der Waals surface area contributed by atoms with Gasteiger partial charge >= 0.3 is 0 Å². The normalized spacial score (nSPS) is 23.9. The highest BCUT2D eigenvalue weighted by Gasteiger charge is 2.24. The van der Waals surface area contributed by atoms with Crippen molar-refractivity contribution in [2.45, 2.75) is 33.1 Å². The van der Waals surface area contributed by atoms with Gasteiger partial charge in [-0.3, -0.25) is 4.79 Å². The van der Waals surface area contributed by atoms with Gasteiger partial charge in [-0.05, 0) is 24.8 Å². The van der Waals surface area contributed by atoms with Crippen LogP contribution in [0.5, 0.6) is 0 Å². The highest BCUT2D eigenvalue weighted by Crippen LogP contribution is 2.18. The molecule has 14 heavy (non-hydrogen) atoms. The number of hydrogen-bond donors (Lipinski definition) is 1. The third kappa shape index (κ3) is 2.98. The molecule has 0 aromatic carbocycles. The molecule has 1 heterocycles. The van der Waals surface area contributed by atoms with E-state index >= 15 is 0 Å². The number of amides is 1. The minimum atomic E-state index is 0.298. The maximum atomic E-state index is 11.8. The molecule has 2 N–H and O–H groups in total. The lowest BCUT2D eigenvalue weighted by molar-refractivity contribution is -0.131. The van der Waals surface area contributed by atoms with E-state index in [4.69, 9.17) is 5.73 Å². The number of carbonyl (C=O) groups is 1.